The van der Waals surface area contributed by atoms with Crippen molar-refractivity contribution in [2.75, 3.05) is 33.2 Å². The molecule has 0 spiro atoms. The zero-order valence-electron chi connectivity index (χ0n) is 24.2. The Hall–Kier alpha value is -4.77. The second kappa shape index (κ2) is 12.2. The van der Waals surface area contributed by atoms with Crippen LogP contribution < -0.4 is 29.3 Å². The van der Waals surface area contributed by atoms with Crippen molar-refractivity contribution in [2.24, 2.45) is 4.99 Å². The van der Waals surface area contributed by atoms with E-state index in [0.29, 0.717) is 31.9 Å². The SMILES string of the molecule is COC(=O)C1=C(C)N=c2s/c(=C\c3ccc(OC)c(COc4ccc(F)cc4F)c3)c(=O)n2C1c1ccc(N(C)C)cc1. The van der Waals surface area contributed by atoms with E-state index in [2.05, 4.69) is 4.99 Å². The van der Waals surface area contributed by atoms with Gasteiger partial charge in [-0.05, 0) is 60.5 Å². The van der Waals surface area contributed by atoms with Crippen molar-refractivity contribution in [3.05, 3.63) is 120 Å². The van der Waals surface area contributed by atoms with Gasteiger partial charge in [-0.2, -0.15) is 0 Å². The number of rotatable bonds is 8. The lowest BCUT2D eigenvalue weighted by Gasteiger charge is -2.25. The van der Waals surface area contributed by atoms with Crippen molar-refractivity contribution in [1.82, 2.24) is 4.57 Å². The van der Waals surface area contributed by atoms with Crippen LogP contribution >= 0.6 is 11.3 Å². The largest absolute Gasteiger partial charge is 0.496 e. The van der Waals surface area contributed by atoms with Gasteiger partial charge < -0.3 is 19.1 Å². The Labute approximate surface area is 250 Å². The van der Waals surface area contributed by atoms with Gasteiger partial charge in [0, 0.05) is 31.4 Å². The van der Waals surface area contributed by atoms with Crippen LogP contribution in [0.3, 0.4) is 0 Å². The van der Waals surface area contributed by atoms with E-state index in [0.717, 1.165) is 23.4 Å². The lowest BCUT2D eigenvalue weighted by atomic mass is 9.95. The fraction of sp³-hybridized carbons (Fsp3) is 0.219. The lowest BCUT2D eigenvalue weighted by Crippen LogP contribution is -2.39. The summed E-state index contributed by atoms with van der Waals surface area (Å²) in [6.07, 6.45) is 1.72. The highest BCUT2D eigenvalue weighted by Crippen LogP contribution is 2.31. The van der Waals surface area contributed by atoms with Crippen LogP contribution in [-0.2, 0) is 16.1 Å². The highest BCUT2D eigenvalue weighted by Gasteiger charge is 2.33. The fourth-order valence-electron chi connectivity index (χ4n) is 4.86. The first kappa shape index (κ1) is 29.7. The smallest absolute Gasteiger partial charge is 0.338 e. The molecule has 5 rings (SSSR count). The lowest BCUT2D eigenvalue weighted by molar-refractivity contribution is -0.136. The normalized spacial score (nSPS) is 14.7. The molecule has 222 valence electrons. The van der Waals surface area contributed by atoms with E-state index in [4.69, 9.17) is 14.2 Å². The summed E-state index contributed by atoms with van der Waals surface area (Å²) < 4.78 is 45.4. The first-order valence-corrected chi connectivity index (χ1v) is 14.1. The molecule has 0 N–H and O–H groups in total. The topological polar surface area (TPSA) is 82.4 Å². The highest BCUT2D eigenvalue weighted by molar-refractivity contribution is 7.07. The third kappa shape index (κ3) is 5.94. The minimum Gasteiger partial charge on any atom is -0.496 e. The average Bonchev–Trinajstić information content (AvgIpc) is 3.29. The molecule has 0 saturated carbocycles. The molecule has 1 unspecified atom stereocenters. The van der Waals surface area contributed by atoms with Gasteiger partial charge in [-0.1, -0.05) is 29.5 Å². The molecule has 3 aromatic carbocycles. The molecule has 1 aliphatic rings. The summed E-state index contributed by atoms with van der Waals surface area (Å²) in [5, 5.41) is 0. The van der Waals surface area contributed by atoms with Crippen LogP contribution in [0.1, 0.15) is 29.7 Å². The van der Waals surface area contributed by atoms with E-state index in [1.54, 1.807) is 31.2 Å². The molecule has 1 aromatic heterocycles. The van der Waals surface area contributed by atoms with Crippen molar-refractivity contribution in [1.29, 1.82) is 0 Å². The van der Waals surface area contributed by atoms with Crippen LogP contribution in [-0.4, -0.2) is 38.9 Å². The summed E-state index contributed by atoms with van der Waals surface area (Å²) >= 11 is 1.20. The van der Waals surface area contributed by atoms with E-state index in [1.165, 1.54) is 36.2 Å². The first-order valence-electron chi connectivity index (χ1n) is 13.2. The number of aromatic nitrogens is 1. The molecule has 0 saturated heterocycles. The summed E-state index contributed by atoms with van der Waals surface area (Å²) in [5.74, 6) is -1.68. The van der Waals surface area contributed by atoms with Gasteiger partial charge in [0.2, 0.25) is 0 Å². The Morgan fingerprint density at radius 3 is 2.42 bits per heavy atom. The number of carbonyl (C=O) groups is 1. The molecule has 0 radical (unpaired) electrons. The van der Waals surface area contributed by atoms with Gasteiger partial charge in [-0.3, -0.25) is 9.36 Å². The van der Waals surface area contributed by atoms with Crippen molar-refractivity contribution in [2.45, 2.75) is 19.6 Å². The number of ether oxygens (including phenoxy) is 3. The third-order valence-electron chi connectivity index (χ3n) is 7.03. The van der Waals surface area contributed by atoms with Crippen LogP contribution in [0.2, 0.25) is 0 Å². The second-order valence-corrected chi connectivity index (χ2v) is 11.0. The monoisotopic (exact) mass is 605 g/mol. The Morgan fingerprint density at radius 1 is 1.05 bits per heavy atom. The maximum Gasteiger partial charge on any atom is 0.338 e. The van der Waals surface area contributed by atoms with Crippen molar-refractivity contribution >= 4 is 29.1 Å². The van der Waals surface area contributed by atoms with Gasteiger partial charge in [0.05, 0.1) is 36.1 Å². The number of hydrogen-bond donors (Lipinski definition) is 0. The first-order chi connectivity index (χ1) is 20.6. The van der Waals surface area contributed by atoms with Crippen molar-refractivity contribution in [3.8, 4) is 11.5 Å². The number of fused-ring (bicyclic) bond motifs is 1. The fourth-order valence-corrected chi connectivity index (χ4v) is 5.91. The van der Waals surface area contributed by atoms with Gasteiger partial charge in [0.25, 0.3) is 5.56 Å². The maximum atomic E-state index is 14.1. The molecule has 1 aliphatic heterocycles. The van der Waals surface area contributed by atoms with E-state index in [-0.39, 0.29) is 23.5 Å². The van der Waals surface area contributed by atoms with Gasteiger partial charge in [-0.25, -0.2) is 18.6 Å². The molecule has 1 atom stereocenters. The number of hydrogen-bond acceptors (Lipinski definition) is 8. The van der Waals surface area contributed by atoms with Crippen molar-refractivity contribution in [3.63, 3.8) is 0 Å². The molecule has 4 aromatic rings. The average molecular weight is 606 g/mol. The maximum absolute atomic E-state index is 14.1. The minimum absolute atomic E-state index is 0.0563. The summed E-state index contributed by atoms with van der Waals surface area (Å²) in [7, 11) is 6.66. The molecule has 8 nitrogen and oxygen atoms in total. The van der Waals surface area contributed by atoms with E-state index in [1.807, 2.05) is 43.3 Å². The molecule has 0 bridgehead atoms. The van der Waals surface area contributed by atoms with Crippen LogP contribution in [0.4, 0.5) is 14.5 Å². The predicted molar refractivity (Wildman–Crippen MR) is 160 cm³/mol. The molecular weight excluding hydrogens is 576 g/mol. The molecule has 0 aliphatic carbocycles. The number of nitrogens with zero attached hydrogens (tertiary/aromatic N) is 3. The van der Waals surface area contributed by atoms with E-state index >= 15 is 0 Å². The molecule has 43 heavy (non-hydrogen) atoms. The Kier molecular flexibility index (Phi) is 8.45. The highest BCUT2D eigenvalue weighted by atomic mass is 32.1. The number of methoxy groups -OCH3 is 2. The minimum atomic E-state index is -0.816. The number of thiazole rings is 1. The van der Waals surface area contributed by atoms with Crippen LogP contribution in [0.5, 0.6) is 11.5 Å². The Bertz CT molecular complexity index is 1910. The van der Waals surface area contributed by atoms with Crippen LogP contribution in [0, 0.1) is 11.6 Å². The molecule has 11 heteroatoms. The molecular formula is C32H29F2N3O5S. The second-order valence-electron chi connectivity index (χ2n) is 9.99. The Balaban J connectivity index is 1.57. The molecule has 0 fully saturated rings. The number of carbonyl (C=O) groups excluding carboxylic acids is 1. The molecule has 2 heterocycles. The number of esters is 1. The van der Waals surface area contributed by atoms with Gasteiger partial charge in [-0.15, -0.1) is 0 Å². The third-order valence-corrected chi connectivity index (χ3v) is 8.01. The summed E-state index contributed by atoms with van der Waals surface area (Å²) in [6, 6.07) is 15.2. The predicted octanol–water partition coefficient (Wildman–Crippen LogP) is 4.34. The van der Waals surface area contributed by atoms with Gasteiger partial charge in [0.15, 0.2) is 16.4 Å². The summed E-state index contributed by atoms with van der Waals surface area (Å²) in [6.45, 7) is 1.67. The number of allylic oxidation sites excluding steroid dienone is 1. The number of benzene rings is 3. The van der Waals surface area contributed by atoms with E-state index < -0.39 is 23.6 Å². The van der Waals surface area contributed by atoms with E-state index in [9.17, 15) is 18.4 Å². The zero-order chi connectivity index (χ0) is 30.8. The van der Waals surface area contributed by atoms with Gasteiger partial charge in [0.1, 0.15) is 18.2 Å². The van der Waals surface area contributed by atoms with Crippen LogP contribution in [0.15, 0.2) is 81.7 Å². The van der Waals surface area contributed by atoms with Gasteiger partial charge >= 0.3 is 5.97 Å². The number of halogens is 2. The summed E-state index contributed by atoms with van der Waals surface area (Å²) in [4.78, 5) is 33.8. The van der Waals surface area contributed by atoms with Crippen LogP contribution in [0.25, 0.3) is 6.08 Å². The Morgan fingerprint density at radius 2 is 1.77 bits per heavy atom. The molecule has 0 amide bonds. The summed E-state index contributed by atoms with van der Waals surface area (Å²) in [5.41, 5.74) is 3.41. The van der Waals surface area contributed by atoms with Crippen molar-refractivity contribution < 1.29 is 27.8 Å². The standard InChI is InChI=1S/C32H29F2N3O5S/c1-18-28(31(39)41-5)29(20-7-10-23(11-8-20)36(2)3)37-30(38)27(43-32(37)35-18)15-19-6-12-25(40-4)21(14-19)17-42-26-13-9-22(33)16-24(26)34/h6-16,29H,17H2,1-5H3/b27-15-. The zero-order valence-corrected chi connectivity index (χ0v) is 25.0. The number of anilines is 1. The quantitative estimate of drug-likeness (QED) is 0.278.